The number of thioether (sulfide) groups is 1. The molecule has 0 unspecified atom stereocenters. The monoisotopic (exact) mass is 322 g/mol. The number of carbonyl (C=O) groups is 1. The Kier molecular flexibility index (Phi) is 4.97. The van der Waals surface area contributed by atoms with Crippen LogP contribution in [0.1, 0.15) is 24.9 Å². The van der Waals surface area contributed by atoms with Crippen molar-refractivity contribution in [3.8, 4) is 11.5 Å². The topological polar surface area (TPSA) is 50.8 Å². The molecule has 0 bridgehead atoms. The van der Waals surface area contributed by atoms with Gasteiger partial charge in [0.05, 0.1) is 19.3 Å². The zero-order valence-electron chi connectivity index (χ0n) is 12.8. The Morgan fingerprint density at radius 3 is 2.73 bits per heavy atom. The van der Waals surface area contributed by atoms with Crippen molar-refractivity contribution in [1.29, 1.82) is 0 Å². The van der Waals surface area contributed by atoms with Crippen molar-refractivity contribution in [3.63, 3.8) is 0 Å². The number of hydrogen-bond donors (Lipinski definition) is 1. The Balaban J connectivity index is 1.65. The van der Waals surface area contributed by atoms with E-state index in [2.05, 4.69) is 5.32 Å². The van der Waals surface area contributed by atoms with E-state index >= 15 is 0 Å². The van der Waals surface area contributed by atoms with Crippen molar-refractivity contribution in [2.45, 2.75) is 19.4 Å². The first-order valence-corrected chi connectivity index (χ1v) is 8.92. The van der Waals surface area contributed by atoms with Crippen LogP contribution in [0.4, 0.5) is 4.79 Å². The molecule has 2 heterocycles. The van der Waals surface area contributed by atoms with Gasteiger partial charge in [0.1, 0.15) is 0 Å². The lowest BCUT2D eigenvalue weighted by molar-refractivity contribution is 0.199. The summed E-state index contributed by atoms with van der Waals surface area (Å²) in [6, 6.07) is 5.84. The zero-order valence-corrected chi connectivity index (χ0v) is 13.7. The smallest absolute Gasteiger partial charge is 0.317 e. The highest BCUT2D eigenvalue weighted by molar-refractivity contribution is 7.99. The standard InChI is InChI=1S/C16H22N2O3S/c1-12(17-16(19)18-5-9-22-10-6-18)13-3-4-14-15(11-13)21-8-2-7-20-14/h3-4,11-12H,2,5-10H2,1H3,(H,17,19)/t12-/m0/s1. The van der Waals surface area contributed by atoms with E-state index in [1.165, 1.54) is 0 Å². The number of hydrogen-bond acceptors (Lipinski definition) is 4. The van der Waals surface area contributed by atoms with E-state index in [1.807, 2.05) is 41.8 Å². The first kappa shape index (κ1) is 15.3. The summed E-state index contributed by atoms with van der Waals surface area (Å²) < 4.78 is 11.3. The minimum Gasteiger partial charge on any atom is -0.490 e. The number of nitrogens with one attached hydrogen (secondary N) is 1. The number of amides is 2. The van der Waals surface area contributed by atoms with Gasteiger partial charge >= 0.3 is 6.03 Å². The van der Waals surface area contributed by atoms with Gasteiger partial charge in [-0.25, -0.2) is 4.79 Å². The minimum absolute atomic E-state index is 0.0138. The molecule has 5 nitrogen and oxygen atoms in total. The van der Waals surface area contributed by atoms with Crippen LogP contribution in [0, 0.1) is 0 Å². The molecule has 1 fully saturated rings. The summed E-state index contributed by atoms with van der Waals surface area (Å²) in [6.07, 6.45) is 0.892. The van der Waals surface area contributed by atoms with Crippen LogP contribution in [0.5, 0.6) is 11.5 Å². The Labute approximate surface area is 135 Å². The van der Waals surface area contributed by atoms with E-state index in [-0.39, 0.29) is 12.1 Å². The average molecular weight is 322 g/mol. The number of rotatable bonds is 2. The Morgan fingerprint density at radius 2 is 1.95 bits per heavy atom. The maximum Gasteiger partial charge on any atom is 0.317 e. The zero-order chi connectivity index (χ0) is 15.4. The predicted molar refractivity (Wildman–Crippen MR) is 87.9 cm³/mol. The number of urea groups is 1. The number of ether oxygens (including phenoxy) is 2. The van der Waals surface area contributed by atoms with E-state index in [0.29, 0.717) is 13.2 Å². The highest BCUT2D eigenvalue weighted by atomic mass is 32.2. The Bertz CT molecular complexity index is 532. The molecule has 0 saturated carbocycles. The van der Waals surface area contributed by atoms with Crippen molar-refractivity contribution in [2.75, 3.05) is 37.8 Å². The summed E-state index contributed by atoms with van der Waals surface area (Å²) >= 11 is 1.90. The fourth-order valence-electron chi connectivity index (χ4n) is 2.58. The third-order valence-electron chi connectivity index (χ3n) is 3.91. The largest absolute Gasteiger partial charge is 0.490 e. The number of carbonyl (C=O) groups excluding carboxylic acids is 1. The highest BCUT2D eigenvalue weighted by Crippen LogP contribution is 2.32. The second-order valence-corrected chi connectivity index (χ2v) is 6.75. The van der Waals surface area contributed by atoms with Gasteiger partial charge in [0.2, 0.25) is 0 Å². The first-order chi connectivity index (χ1) is 10.7. The van der Waals surface area contributed by atoms with Crippen LogP contribution in [-0.4, -0.2) is 48.7 Å². The molecule has 0 spiro atoms. The molecule has 22 heavy (non-hydrogen) atoms. The van der Waals surface area contributed by atoms with E-state index in [9.17, 15) is 4.79 Å². The molecule has 2 aliphatic rings. The molecule has 1 aromatic rings. The number of fused-ring (bicyclic) bond motifs is 1. The van der Waals surface area contributed by atoms with Crippen LogP contribution in [0.2, 0.25) is 0 Å². The molecule has 3 rings (SSSR count). The normalized spacial score (nSPS) is 19.2. The molecule has 2 amide bonds. The highest BCUT2D eigenvalue weighted by Gasteiger charge is 2.20. The van der Waals surface area contributed by atoms with Gasteiger partial charge < -0.3 is 19.7 Å². The van der Waals surface area contributed by atoms with Gasteiger partial charge in [0.15, 0.2) is 11.5 Å². The lowest BCUT2D eigenvalue weighted by atomic mass is 10.1. The maximum atomic E-state index is 12.3. The van der Waals surface area contributed by atoms with Crippen LogP contribution in [0.25, 0.3) is 0 Å². The van der Waals surface area contributed by atoms with E-state index in [4.69, 9.17) is 9.47 Å². The lowest BCUT2D eigenvalue weighted by Gasteiger charge is -2.28. The van der Waals surface area contributed by atoms with Gasteiger partial charge in [-0.05, 0) is 24.6 Å². The van der Waals surface area contributed by atoms with Crippen molar-refractivity contribution >= 4 is 17.8 Å². The predicted octanol–water partition coefficient (Wildman–Crippen LogP) is 2.67. The maximum absolute atomic E-state index is 12.3. The van der Waals surface area contributed by atoms with Crippen molar-refractivity contribution in [3.05, 3.63) is 23.8 Å². The number of benzene rings is 1. The van der Waals surface area contributed by atoms with Crippen molar-refractivity contribution in [2.24, 2.45) is 0 Å². The first-order valence-electron chi connectivity index (χ1n) is 7.77. The SMILES string of the molecule is C[C@H](NC(=O)N1CCSCC1)c1ccc2c(c1)OCCCO2. The fourth-order valence-corrected chi connectivity index (χ4v) is 3.48. The van der Waals surface area contributed by atoms with E-state index < -0.39 is 0 Å². The second-order valence-electron chi connectivity index (χ2n) is 5.53. The summed E-state index contributed by atoms with van der Waals surface area (Å²) in [5.41, 5.74) is 1.03. The van der Waals surface area contributed by atoms with Crippen molar-refractivity contribution in [1.82, 2.24) is 10.2 Å². The van der Waals surface area contributed by atoms with E-state index in [1.54, 1.807) is 0 Å². The fraction of sp³-hybridized carbons (Fsp3) is 0.562. The van der Waals surface area contributed by atoms with Gasteiger partial charge in [-0.15, -0.1) is 0 Å². The van der Waals surface area contributed by atoms with Crippen LogP contribution in [0.3, 0.4) is 0 Å². The molecular formula is C16H22N2O3S. The van der Waals surface area contributed by atoms with Gasteiger partial charge in [0, 0.05) is 31.0 Å². The average Bonchev–Trinajstić information content (AvgIpc) is 2.80. The van der Waals surface area contributed by atoms with Crippen LogP contribution in [-0.2, 0) is 0 Å². The Hall–Kier alpha value is -1.56. The van der Waals surface area contributed by atoms with Crippen molar-refractivity contribution < 1.29 is 14.3 Å². The Morgan fingerprint density at radius 1 is 1.23 bits per heavy atom. The molecule has 0 aliphatic carbocycles. The van der Waals surface area contributed by atoms with Gasteiger partial charge in [-0.3, -0.25) is 0 Å². The van der Waals surface area contributed by atoms with Gasteiger partial charge in [-0.2, -0.15) is 11.8 Å². The van der Waals surface area contributed by atoms with Gasteiger partial charge in [-0.1, -0.05) is 6.07 Å². The molecule has 120 valence electrons. The molecule has 1 aromatic carbocycles. The molecular weight excluding hydrogens is 300 g/mol. The van der Waals surface area contributed by atoms with Gasteiger partial charge in [0.25, 0.3) is 0 Å². The summed E-state index contributed by atoms with van der Waals surface area (Å²) in [5, 5.41) is 3.07. The quantitative estimate of drug-likeness (QED) is 0.909. The summed E-state index contributed by atoms with van der Waals surface area (Å²) in [5.74, 6) is 3.59. The summed E-state index contributed by atoms with van der Waals surface area (Å²) in [7, 11) is 0. The molecule has 0 radical (unpaired) electrons. The third-order valence-corrected chi connectivity index (χ3v) is 4.85. The van der Waals surface area contributed by atoms with Crippen LogP contribution < -0.4 is 14.8 Å². The molecule has 2 aliphatic heterocycles. The summed E-state index contributed by atoms with van der Waals surface area (Å²) in [4.78, 5) is 14.2. The molecule has 1 N–H and O–H groups in total. The van der Waals surface area contributed by atoms with Crippen LogP contribution in [0.15, 0.2) is 18.2 Å². The molecule has 6 heteroatoms. The minimum atomic E-state index is -0.0563. The second kappa shape index (κ2) is 7.13. The molecule has 1 saturated heterocycles. The van der Waals surface area contributed by atoms with E-state index in [0.717, 1.165) is 48.1 Å². The van der Waals surface area contributed by atoms with Crippen LogP contribution >= 0.6 is 11.8 Å². The lowest BCUT2D eigenvalue weighted by Crippen LogP contribution is -2.45. The molecule has 1 atom stereocenters. The summed E-state index contributed by atoms with van der Waals surface area (Å²) in [6.45, 7) is 5.00. The number of nitrogens with zero attached hydrogens (tertiary/aromatic N) is 1. The third kappa shape index (κ3) is 3.61. The molecule has 0 aromatic heterocycles.